The summed E-state index contributed by atoms with van der Waals surface area (Å²) in [5, 5.41) is 2.30. The Morgan fingerprint density at radius 2 is 1.90 bits per heavy atom. The Balaban J connectivity index is 1.76. The highest BCUT2D eigenvalue weighted by Gasteiger charge is 2.24. The molecule has 2 aromatic heterocycles. The van der Waals surface area contributed by atoms with Gasteiger partial charge in [0, 0.05) is 0 Å². The van der Waals surface area contributed by atoms with E-state index < -0.39 is 21.7 Å². The number of aryl methyl sites for hydroxylation is 2. The molecule has 0 saturated heterocycles. The molecule has 8 nitrogen and oxygen atoms in total. The van der Waals surface area contributed by atoms with Crippen LogP contribution in [0.15, 0.2) is 63.5 Å². The van der Waals surface area contributed by atoms with E-state index in [-0.39, 0.29) is 32.4 Å². The predicted molar refractivity (Wildman–Crippen MR) is 111 cm³/mol. The lowest BCUT2D eigenvalue weighted by molar-refractivity contribution is 0.0554. The number of ether oxygens (including phenoxy) is 1. The van der Waals surface area contributed by atoms with Gasteiger partial charge in [-0.1, -0.05) is 41.7 Å². The summed E-state index contributed by atoms with van der Waals surface area (Å²) in [7, 11) is -3.89. The lowest BCUT2D eigenvalue weighted by Crippen LogP contribution is -2.10. The van der Waals surface area contributed by atoms with Crippen molar-refractivity contribution in [3.8, 4) is 0 Å². The fourth-order valence-electron chi connectivity index (χ4n) is 2.42. The van der Waals surface area contributed by atoms with Crippen molar-refractivity contribution in [2.24, 2.45) is 0 Å². The molecule has 10 heteroatoms. The van der Waals surface area contributed by atoms with Crippen LogP contribution in [0.5, 0.6) is 0 Å². The highest BCUT2D eigenvalue weighted by molar-refractivity contribution is 7.91. The van der Waals surface area contributed by atoms with Crippen molar-refractivity contribution in [2.75, 3.05) is 11.9 Å². The Labute approximate surface area is 177 Å². The van der Waals surface area contributed by atoms with E-state index in [9.17, 15) is 18.0 Å². The monoisotopic (exact) mass is 446 g/mol. The molecule has 0 unspecified atom stereocenters. The number of esters is 1. The number of benzene rings is 1. The van der Waals surface area contributed by atoms with Crippen LogP contribution >= 0.6 is 11.3 Å². The maximum Gasteiger partial charge on any atom is 0.350 e. The smallest absolute Gasteiger partial charge is 0.350 e. The van der Waals surface area contributed by atoms with E-state index in [1.807, 2.05) is 6.92 Å². The SMILES string of the molecule is C=CCOC(=O)c1sc(NC(=O)c2ccc(S(=O)(=O)c3ccc(C)cc3)o2)nc1C. The van der Waals surface area contributed by atoms with Crippen LogP contribution in [0.3, 0.4) is 0 Å². The van der Waals surface area contributed by atoms with Gasteiger partial charge in [0.2, 0.25) is 14.9 Å². The molecule has 30 heavy (non-hydrogen) atoms. The number of hydrogen-bond acceptors (Lipinski definition) is 8. The second kappa shape index (κ2) is 8.64. The van der Waals surface area contributed by atoms with E-state index in [1.54, 1.807) is 19.1 Å². The zero-order valence-corrected chi connectivity index (χ0v) is 17.8. The Morgan fingerprint density at radius 3 is 2.57 bits per heavy atom. The molecule has 0 spiro atoms. The Morgan fingerprint density at radius 1 is 1.20 bits per heavy atom. The molecule has 156 valence electrons. The summed E-state index contributed by atoms with van der Waals surface area (Å²) in [6.45, 7) is 6.98. The van der Waals surface area contributed by atoms with Crippen molar-refractivity contribution in [3.63, 3.8) is 0 Å². The lowest BCUT2D eigenvalue weighted by atomic mass is 10.2. The number of nitrogens with zero attached hydrogens (tertiary/aromatic N) is 1. The van der Waals surface area contributed by atoms with Gasteiger partial charge in [0.1, 0.15) is 11.5 Å². The maximum atomic E-state index is 12.7. The van der Waals surface area contributed by atoms with Crippen LogP contribution in [-0.2, 0) is 14.6 Å². The van der Waals surface area contributed by atoms with E-state index in [0.29, 0.717) is 5.69 Å². The van der Waals surface area contributed by atoms with Crippen LogP contribution in [-0.4, -0.2) is 31.9 Å². The van der Waals surface area contributed by atoms with Crippen molar-refractivity contribution >= 4 is 38.2 Å². The fraction of sp³-hybridized carbons (Fsp3) is 0.150. The summed E-state index contributed by atoms with van der Waals surface area (Å²) >= 11 is 0.940. The third kappa shape index (κ3) is 4.50. The van der Waals surface area contributed by atoms with Crippen LogP contribution in [0.2, 0.25) is 0 Å². The predicted octanol–water partition coefficient (Wildman–Crippen LogP) is 3.78. The Hall–Kier alpha value is -3.24. The van der Waals surface area contributed by atoms with Gasteiger partial charge in [-0.3, -0.25) is 10.1 Å². The molecule has 0 fully saturated rings. The van der Waals surface area contributed by atoms with Crippen LogP contribution in [0.4, 0.5) is 5.13 Å². The molecule has 0 aliphatic rings. The van der Waals surface area contributed by atoms with Crippen molar-refractivity contribution < 1.29 is 27.2 Å². The number of rotatable bonds is 7. The summed E-state index contributed by atoms with van der Waals surface area (Å²) in [5.74, 6) is -1.47. The lowest BCUT2D eigenvalue weighted by Gasteiger charge is -2.02. The molecule has 0 aliphatic heterocycles. The fourth-order valence-corrected chi connectivity index (χ4v) is 4.45. The number of carbonyl (C=O) groups is 2. The van der Waals surface area contributed by atoms with Crippen LogP contribution < -0.4 is 5.32 Å². The molecule has 0 bridgehead atoms. The summed E-state index contributed by atoms with van der Waals surface area (Å²) in [5.41, 5.74) is 1.31. The number of amides is 1. The summed E-state index contributed by atoms with van der Waals surface area (Å²) in [6.07, 6.45) is 1.44. The zero-order chi connectivity index (χ0) is 21.9. The molecule has 3 aromatic rings. The molecule has 0 atom stereocenters. The van der Waals surface area contributed by atoms with E-state index >= 15 is 0 Å². The number of hydrogen-bond donors (Lipinski definition) is 1. The van der Waals surface area contributed by atoms with Gasteiger partial charge in [-0.2, -0.15) is 0 Å². The minimum atomic E-state index is -3.89. The molecule has 2 heterocycles. The van der Waals surface area contributed by atoms with Crippen LogP contribution in [0, 0.1) is 13.8 Å². The molecule has 3 rings (SSSR count). The quantitative estimate of drug-likeness (QED) is 0.434. The van der Waals surface area contributed by atoms with Gasteiger partial charge in [-0.05, 0) is 38.1 Å². The number of furan rings is 1. The van der Waals surface area contributed by atoms with E-state index in [0.717, 1.165) is 16.9 Å². The molecule has 0 aliphatic carbocycles. The van der Waals surface area contributed by atoms with Crippen molar-refractivity contribution in [1.29, 1.82) is 0 Å². The van der Waals surface area contributed by atoms with Gasteiger partial charge in [-0.25, -0.2) is 18.2 Å². The highest BCUT2D eigenvalue weighted by atomic mass is 32.2. The minimum absolute atomic E-state index is 0.0580. The minimum Gasteiger partial charge on any atom is -0.457 e. The van der Waals surface area contributed by atoms with Crippen LogP contribution in [0.1, 0.15) is 31.5 Å². The zero-order valence-electron chi connectivity index (χ0n) is 16.2. The number of carbonyl (C=O) groups excluding carboxylic acids is 2. The first-order chi connectivity index (χ1) is 14.2. The average Bonchev–Trinajstić information content (AvgIpc) is 3.34. The first kappa shape index (κ1) is 21.5. The molecule has 1 N–H and O–H groups in total. The second-order valence-corrected chi connectivity index (χ2v) is 9.09. The first-order valence-corrected chi connectivity index (χ1v) is 11.0. The van der Waals surface area contributed by atoms with E-state index in [2.05, 4.69) is 16.9 Å². The number of aromatic nitrogens is 1. The van der Waals surface area contributed by atoms with Crippen molar-refractivity contribution in [1.82, 2.24) is 4.98 Å². The van der Waals surface area contributed by atoms with Gasteiger partial charge >= 0.3 is 5.97 Å². The molecular weight excluding hydrogens is 428 g/mol. The van der Waals surface area contributed by atoms with Gasteiger partial charge in [0.15, 0.2) is 10.9 Å². The van der Waals surface area contributed by atoms with Crippen LogP contribution in [0.25, 0.3) is 0 Å². The molecule has 1 aromatic carbocycles. The van der Waals surface area contributed by atoms with Crippen molar-refractivity contribution in [3.05, 3.63) is 70.9 Å². The second-order valence-electron chi connectivity index (χ2n) is 6.21. The molecule has 0 saturated carbocycles. The standard InChI is InChI=1S/C20H18N2O6S2/c1-4-11-27-19(24)17-13(3)21-20(29-17)22-18(23)15-9-10-16(28-15)30(25,26)14-7-5-12(2)6-8-14/h4-10H,1,11H2,2-3H3,(H,21,22,23). The van der Waals surface area contributed by atoms with Crippen molar-refractivity contribution in [2.45, 2.75) is 23.8 Å². The van der Waals surface area contributed by atoms with Gasteiger partial charge in [-0.15, -0.1) is 0 Å². The summed E-state index contributed by atoms with van der Waals surface area (Å²) in [6, 6.07) is 8.76. The van der Waals surface area contributed by atoms with Gasteiger partial charge < -0.3 is 9.15 Å². The molecule has 0 radical (unpaired) electrons. The number of nitrogens with one attached hydrogen (secondary N) is 1. The largest absolute Gasteiger partial charge is 0.457 e. The van der Waals surface area contributed by atoms with Gasteiger partial charge in [0.25, 0.3) is 5.91 Å². The van der Waals surface area contributed by atoms with Gasteiger partial charge in [0.05, 0.1) is 10.6 Å². The normalized spacial score (nSPS) is 11.1. The highest BCUT2D eigenvalue weighted by Crippen LogP contribution is 2.26. The number of thiazole rings is 1. The van der Waals surface area contributed by atoms with E-state index in [1.165, 1.54) is 30.3 Å². The topological polar surface area (TPSA) is 116 Å². The summed E-state index contributed by atoms with van der Waals surface area (Å²) < 4.78 is 35.6. The van der Waals surface area contributed by atoms with E-state index in [4.69, 9.17) is 9.15 Å². The third-order valence-corrected chi connectivity index (χ3v) is 6.63. The Kier molecular flexibility index (Phi) is 6.18. The number of anilines is 1. The number of sulfone groups is 1. The molecular formula is C20H18N2O6S2. The maximum absolute atomic E-state index is 12.7. The first-order valence-electron chi connectivity index (χ1n) is 8.70. The molecule has 1 amide bonds. The third-order valence-electron chi connectivity index (χ3n) is 3.94. The summed E-state index contributed by atoms with van der Waals surface area (Å²) in [4.78, 5) is 28.8. The Bertz CT molecular complexity index is 1210. The average molecular weight is 447 g/mol.